The molecule has 0 saturated heterocycles. The van der Waals surface area contributed by atoms with Crippen LogP contribution in [0.3, 0.4) is 0 Å². The lowest BCUT2D eigenvalue weighted by molar-refractivity contribution is 0.164. The van der Waals surface area contributed by atoms with Gasteiger partial charge in [0.2, 0.25) is 0 Å². The van der Waals surface area contributed by atoms with Crippen LogP contribution in [-0.4, -0.2) is 18.8 Å². The molecule has 0 saturated carbocycles. The Labute approximate surface area is 137 Å². The lowest BCUT2D eigenvalue weighted by Crippen LogP contribution is -2.22. The van der Waals surface area contributed by atoms with E-state index < -0.39 is 17.7 Å². The largest absolute Gasteiger partial charge is 0.497 e. The van der Waals surface area contributed by atoms with E-state index in [1.54, 1.807) is 19.2 Å². The molecule has 3 aromatic rings. The topological polar surface area (TPSA) is 54.6 Å². The molecule has 0 spiro atoms. The first-order valence-corrected chi connectivity index (χ1v) is 7.47. The molecule has 6 heteroatoms. The van der Waals surface area contributed by atoms with Crippen molar-refractivity contribution in [2.24, 2.45) is 0 Å². The summed E-state index contributed by atoms with van der Waals surface area (Å²) >= 11 is 0. The van der Waals surface area contributed by atoms with Crippen LogP contribution in [0.25, 0.3) is 11.0 Å². The number of rotatable bonds is 6. The highest BCUT2D eigenvalue weighted by Gasteiger charge is 2.17. The van der Waals surface area contributed by atoms with E-state index in [2.05, 4.69) is 5.32 Å². The standard InChI is InChI=1S/C18H17F2NO3/c1-23-12-5-6-17-11(7-12)8-13(24-17)9-21-10-16(22)18-14(19)3-2-4-15(18)20/h2-8,16,21-22H,9-10H2,1H3. The SMILES string of the molecule is COc1ccc2oc(CNCC(O)c3c(F)cccc3F)cc2c1. The molecule has 1 unspecified atom stereocenters. The molecular weight excluding hydrogens is 316 g/mol. The van der Waals surface area contributed by atoms with Crippen molar-refractivity contribution in [1.29, 1.82) is 0 Å². The van der Waals surface area contributed by atoms with Crippen molar-refractivity contribution in [2.75, 3.05) is 13.7 Å². The van der Waals surface area contributed by atoms with Crippen LogP contribution < -0.4 is 10.1 Å². The van der Waals surface area contributed by atoms with E-state index in [0.717, 1.165) is 23.3 Å². The summed E-state index contributed by atoms with van der Waals surface area (Å²) in [5.74, 6) is -0.145. The maximum atomic E-state index is 13.6. The number of fused-ring (bicyclic) bond motifs is 1. The average molecular weight is 333 g/mol. The van der Waals surface area contributed by atoms with Crippen molar-refractivity contribution in [1.82, 2.24) is 5.32 Å². The van der Waals surface area contributed by atoms with Gasteiger partial charge in [0.15, 0.2) is 0 Å². The van der Waals surface area contributed by atoms with Gasteiger partial charge in [0.05, 0.1) is 25.3 Å². The number of aliphatic hydroxyl groups excluding tert-OH is 1. The minimum Gasteiger partial charge on any atom is -0.497 e. The predicted molar refractivity (Wildman–Crippen MR) is 85.8 cm³/mol. The van der Waals surface area contributed by atoms with Crippen molar-refractivity contribution < 1.29 is 23.0 Å². The summed E-state index contributed by atoms with van der Waals surface area (Å²) in [7, 11) is 1.59. The molecule has 2 N–H and O–H groups in total. The molecule has 0 amide bonds. The van der Waals surface area contributed by atoms with Crippen LogP contribution in [-0.2, 0) is 6.54 Å². The van der Waals surface area contributed by atoms with Crippen molar-refractivity contribution >= 4 is 11.0 Å². The van der Waals surface area contributed by atoms with Gasteiger partial charge in [-0.3, -0.25) is 0 Å². The van der Waals surface area contributed by atoms with E-state index in [4.69, 9.17) is 9.15 Å². The first-order chi connectivity index (χ1) is 11.6. The molecule has 3 rings (SSSR count). The number of halogens is 2. The smallest absolute Gasteiger partial charge is 0.134 e. The average Bonchev–Trinajstić information content (AvgIpc) is 2.96. The van der Waals surface area contributed by atoms with Crippen LogP contribution in [0.5, 0.6) is 5.75 Å². The van der Waals surface area contributed by atoms with Crippen LogP contribution in [0.15, 0.2) is 46.9 Å². The summed E-state index contributed by atoms with van der Waals surface area (Å²) in [6, 6.07) is 10.8. The number of hydrogen-bond donors (Lipinski definition) is 2. The number of furan rings is 1. The lowest BCUT2D eigenvalue weighted by Gasteiger charge is -2.13. The highest BCUT2D eigenvalue weighted by Crippen LogP contribution is 2.24. The highest BCUT2D eigenvalue weighted by atomic mass is 19.1. The molecule has 0 bridgehead atoms. The van der Waals surface area contributed by atoms with Gasteiger partial charge >= 0.3 is 0 Å². The van der Waals surface area contributed by atoms with Gasteiger partial charge in [0.25, 0.3) is 0 Å². The summed E-state index contributed by atoms with van der Waals surface area (Å²) in [6.45, 7) is 0.322. The first-order valence-electron chi connectivity index (χ1n) is 7.47. The monoisotopic (exact) mass is 333 g/mol. The third-order valence-electron chi connectivity index (χ3n) is 3.74. The number of ether oxygens (including phenoxy) is 1. The molecule has 126 valence electrons. The second-order valence-electron chi connectivity index (χ2n) is 5.40. The Morgan fingerprint density at radius 3 is 2.62 bits per heavy atom. The van der Waals surface area contributed by atoms with E-state index in [1.165, 1.54) is 6.07 Å². The lowest BCUT2D eigenvalue weighted by atomic mass is 10.1. The van der Waals surface area contributed by atoms with Crippen LogP contribution in [0.2, 0.25) is 0 Å². The Hall–Kier alpha value is -2.44. The third-order valence-corrected chi connectivity index (χ3v) is 3.74. The predicted octanol–water partition coefficient (Wildman–Crippen LogP) is 3.54. The zero-order valence-electron chi connectivity index (χ0n) is 13.1. The fraction of sp³-hybridized carbons (Fsp3) is 0.222. The minimum absolute atomic E-state index is 0.00177. The van der Waals surface area contributed by atoms with Crippen molar-refractivity contribution in [3.05, 3.63) is 65.4 Å². The summed E-state index contributed by atoms with van der Waals surface area (Å²) in [6.07, 6.45) is -1.28. The second-order valence-corrected chi connectivity index (χ2v) is 5.40. The molecule has 0 aliphatic rings. The van der Waals surface area contributed by atoms with Crippen LogP contribution in [0.1, 0.15) is 17.4 Å². The van der Waals surface area contributed by atoms with Gasteiger partial charge in [-0.2, -0.15) is 0 Å². The van der Waals surface area contributed by atoms with Crippen LogP contribution in [0, 0.1) is 11.6 Å². The van der Waals surface area contributed by atoms with E-state index in [9.17, 15) is 13.9 Å². The quantitative estimate of drug-likeness (QED) is 0.724. The van der Waals surface area contributed by atoms with E-state index >= 15 is 0 Å². The summed E-state index contributed by atoms with van der Waals surface area (Å²) in [4.78, 5) is 0. The van der Waals surface area contributed by atoms with E-state index in [-0.39, 0.29) is 12.1 Å². The van der Waals surface area contributed by atoms with Gasteiger partial charge in [0.1, 0.15) is 28.7 Å². The number of nitrogens with one attached hydrogen (secondary N) is 1. The van der Waals surface area contributed by atoms with Gasteiger partial charge in [-0.05, 0) is 36.4 Å². The normalized spacial score (nSPS) is 12.5. The summed E-state index contributed by atoms with van der Waals surface area (Å²) in [5.41, 5.74) is 0.382. The van der Waals surface area contributed by atoms with Gasteiger partial charge < -0.3 is 19.6 Å². The minimum atomic E-state index is -1.28. The zero-order chi connectivity index (χ0) is 17.1. The second kappa shape index (κ2) is 6.98. The number of methoxy groups -OCH3 is 1. The molecule has 4 nitrogen and oxygen atoms in total. The van der Waals surface area contributed by atoms with Gasteiger partial charge in [-0.25, -0.2) is 8.78 Å². The first kappa shape index (κ1) is 16.4. The van der Waals surface area contributed by atoms with E-state index in [0.29, 0.717) is 17.9 Å². The molecule has 0 aliphatic heterocycles. The maximum Gasteiger partial charge on any atom is 0.134 e. The summed E-state index contributed by atoms with van der Waals surface area (Å²) < 4.78 is 38.0. The molecule has 2 aromatic carbocycles. The van der Waals surface area contributed by atoms with Crippen molar-refractivity contribution in [3.63, 3.8) is 0 Å². The molecule has 0 radical (unpaired) electrons. The molecule has 1 heterocycles. The fourth-order valence-corrected chi connectivity index (χ4v) is 2.55. The van der Waals surface area contributed by atoms with Gasteiger partial charge in [-0.1, -0.05) is 6.07 Å². The number of benzene rings is 2. The Kier molecular flexibility index (Phi) is 4.78. The Balaban J connectivity index is 1.64. The highest BCUT2D eigenvalue weighted by molar-refractivity contribution is 5.79. The van der Waals surface area contributed by atoms with E-state index in [1.807, 2.05) is 12.1 Å². The molecule has 1 atom stereocenters. The van der Waals surface area contributed by atoms with Gasteiger partial charge in [0, 0.05) is 11.9 Å². The Morgan fingerprint density at radius 1 is 1.17 bits per heavy atom. The van der Waals surface area contributed by atoms with Crippen LogP contribution in [0.4, 0.5) is 8.78 Å². The molecular formula is C18H17F2NO3. The molecule has 0 fully saturated rings. The summed E-state index contributed by atoms with van der Waals surface area (Å²) in [5, 5.41) is 13.8. The molecule has 0 aliphatic carbocycles. The van der Waals surface area contributed by atoms with Crippen molar-refractivity contribution in [3.8, 4) is 5.75 Å². The fourth-order valence-electron chi connectivity index (χ4n) is 2.55. The zero-order valence-corrected chi connectivity index (χ0v) is 13.1. The maximum absolute atomic E-state index is 13.6. The van der Waals surface area contributed by atoms with Crippen LogP contribution >= 0.6 is 0 Å². The van der Waals surface area contributed by atoms with Crippen molar-refractivity contribution in [2.45, 2.75) is 12.6 Å². The Bertz CT molecular complexity index is 827. The molecule has 1 aromatic heterocycles. The molecule has 24 heavy (non-hydrogen) atoms. The number of hydrogen-bond acceptors (Lipinski definition) is 4. The number of aliphatic hydroxyl groups is 1. The Morgan fingerprint density at radius 2 is 1.92 bits per heavy atom. The third kappa shape index (κ3) is 3.39. The van der Waals surface area contributed by atoms with Gasteiger partial charge in [-0.15, -0.1) is 0 Å².